The Morgan fingerprint density at radius 2 is 2.05 bits per heavy atom. The molecule has 0 saturated carbocycles. The molecule has 2 aromatic rings. The molecule has 4 nitrogen and oxygen atoms in total. The van der Waals surface area contributed by atoms with Gasteiger partial charge < -0.3 is 9.47 Å². The van der Waals surface area contributed by atoms with Crippen molar-refractivity contribution in [2.75, 3.05) is 19.6 Å². The van der Waals surface area contributed by atoms with E-state index in [1.54, 1.807) is 0 Å². The number of nitriles is 1. The molecule has 2 heterocycles. The summed E-state index contributed by atoms with van der Waals surface area (Å²) in [5.41, 5.74) is 3.49. The van der Waals surface area contributed by atoms with Crippen molar-refractivity contribution in [2.45, 2.75) is 39.2 Å². The van der Waals surface area contributed by atoms with Crippen molar-refractivity contribution in [1.82, 2.24) is 14.5 Å². The quantitative estimate of drug-likeness (QED) is 0.847. The third kappa shape index (κ3) is 2.93. The van der Waals surface area contributed by atoms with Gasteiger partial charge in [0.25, 0.3) is 0 Å². The van der Waals surface area contributed by atoms with Crippen LogP contribution < -0.4 is 0 Å². The first-order valence-electron chi connectivity index (χ1n) is 7.89. The Labute approximate surface area is 126 Å². The van der Waals surface area contributed by atoms with Crippen LogP contribution in [-0.2, 0) is 19.4 Å². The number of likely N-dealkylation sites (tertiary alicyclic amines) is 1. The highest BCUT2D eigenvalue weighted by atomic mass is 15.2. The second-order valence-electron chi connectivity index (χ2n) is 5.74. The molecule has 1 aromatic heterocycles. The van der Waals surface area contributed by atoms with Crippen molar-refractivity contribution in [2.24, 2.45) is 0 Å². The summed E-state index contributed by atoms with van der Waals surface area (Å²) >= 11 is 0. The lowest BCUT2D eigenvalue weighted by Gasteiger charge is -2.16. The van der Waals surface area contributed by atoms with Gasteiger partial charge in [-0.1, -0.05) is 13.0 Å². The smallest absolute Gasteiger partial charge is 0.124 e. The van der Waals surface area contributed by atoms with Crippen LogP contribution >= 0.6 is 0 Å². The highest BCUT2D eigenvalue weighted by Gasteiger charge is 2.14. The van der Waals surface area contributed by atoms with E-state index in [9.17, 15) is 0 Å². The zero-order chi connectivity index (χ0) is 14.7. The molecule has 0 unspecified atom stereocenters. The van der Waals surface area contributed by atoms with E-state index in [1.807, 2.05) is 0 Å². The van der Waals surface area contributed by atoms with Crippen LogP contribution in [0.15, 0.2) is 18.2 Å². The van der Waals surface area contributed by atoms with Gasteiger partial charge in [-0.05, 0) is 50.0 Å². The first-order valence-corrected chi connectivity index (χ1v) is 7.89. The van der Waals surface area contributed by atoms with E-state index in [-0.39, 0.29) is 0 Å². The van der Waals surface area contributed by atoms with Crippen LogP contribution in [0.1, 0.15) is 31.2 Å². The largest absolute Gasteiger partial charge is 0.326 e. The lowest BCUT2D eigenvalue weighted by Crippen LogP contribution is -2.24. The molecular formula is C17H22N4. The third-order valence-corrected chi connectivity index (χ3v) is 4.38. The van der Waals surface area contributed by atoms with Gasteiger partial charge in [0.05, 0.1) is 23.5 Å². The van der Waals surface area contributed by atoms with Crippen molar-refractivity contribution >= 4 is 11.0 Å². The van der Waals surface area contributed by atoms with E-state index in [0.717, 1.165) is 36.4 Å². The molecular weight excluding hydrogens is 260 g/mol. The summed E-state index contributed by atoms with van der Waals surface area (Å²) in [6, 6.07) is 8.73. The van der Waals surface area contributed by atoms with Gasteiger partial charge >= 0.3 is 0 Å². The standard InChI is InChI=1S/C17H22N4/c1-2-14-5-6-16-15(13-14)19-17(7-8-18)21(16)12-11-20-9-3-4-10-20/h5-6,13H,2-4,7,9-12H2,1H3. The summed E-state index contributed by atoms with van der Waals surface area (Å²) in [7, 11) is 0. The number of aromatic nitrogens is 2. The first-order chi connectivity index (χ1) is 10.3. The number of hydrogen-bond acceptors (Lipinski definition) is 3. The normalized spacial score (nSPS) is 15.6. The second-order valence-corrected chi connectivity index (χ2v) is 5.74. The zero-order valence-electron chi connectivity index (χ0n) is 12.7. The maximum Gasteiger partial charge on any atom is 0.124 e. The zero-order valence-corrected chi connectivity index (χ0v) is 12.7. The van der Waals surface area contributed by atoms with Gasteiger partial charge in [0.1, 0.15) is 5.82 Å². The van der Waals surface area contributed by atoms with Crippen LogP contribution in [0.4, 0.5) is 0 Å². The molecule has 0 bridgehead atoms. The maximum atomic E-state index is 9.04. The van der Waals surface area contributed by atoms with Gasteiger partial charge in [0.15, 0.2) is 0 Å². The summed E-state index contributed by atoms with van der Waals surface area (Å²) in [4.78, 5) is 7.18. The fourth-order valence-electron chi connectivity index (χ4n) is 3.15. The summed E-state index contributed by atoms with van der Waals surface area (Å²) in [6.45, 7) is 6.56. The first kappa shape index (κ1) is 14.1. The van der Waals surface area contributed by atoms with E-state index in [4.69, 9.17) is 5.26 Å². The van der Waals surface area contributed by atoms with E-state index in [1.165, 1.54) is 31.5 Å². The summed E-state index contributed by atoms with van der Waals surface area (Å²) in [5, 5.41) is 9.04. The van der Waals surface area contributed by atoms with Crippen molar-refractivity contribution in [3.8, 4) is 6.07 Å². The Bertz CT molecular complexity index is 659. The molecule has 1 fully saturated rings. The molecule has 0 N–H and O–H groups in total. The van der Waals surface area contributed by atoms with Crippen molar-refractivity contribution in [3.05, 3.63) is 29.6 Å². The predicted octanol–water partition coefficient (Wildman–Crippen LogP) is 2.76. The van der Waals surface area contributed by atoms with Crippen molar-refractivity contribution < 1.29 is 0 Å². The van der Waals surface area contributed by atoms with Crippen LogP contribution in [-0.4, -0.2) is 34.1 Å². The minimum atomic E-state index is 0.385. The van der Waals surface area contributed by atoms with Gasteiger partial charge in [-0.3, -0.25) is 0 Å². The third-order valence-electron chi connectivity index (χ3n) is 4.38. The summed E-state index contributed by atoms with van der Waals surface area (Å²) in [6.07, 6.45) is 4.03. The molecule has 0 aliphatic carbocycles. The minimum absolute atomic E-state index is 0.385. The maximum absolute atomic E-state index is 9.04. The Balaban J connectivity index is 1.89. The molecule has 1 aromatic carbocycles. The molecule has 4 heteroatoms. The van der Waals surface area contributed by atoms with Gasteiger partial charge in [0.2, 0.25) is 0 Å². The molecule has 0 radical (unpaired) electrons. The SMILES string of the molecule is CCc1ccc2c(c1)nc(CC#N)n2CCN1CCCC1. The molecule has 1 aliphatic heterocycles. The number of rotatable bonds is 5. The van der Waals surface area contributed by atoms with Crippen LogP contribution in [0.2, 0.25) is 0 Å². The fraction of sp³-hybridized carbons (Fsp3) is 0.529. The monoisotopic (exact) mass is 282 g/mol. The molecule has 0 spiro atoms. The number of imidazole rings is 1. The van der Waals surface area contributed by atoms with Crippen LogP contribution in [0.3, 0.4) is 0 Å². The van der Waals surface area contributed by atoms with Crippen molar-refractivity contribution in [1.29, 1.82) is 5.26 Å². The number of fused-ring (bicyclic) bond motifs is 1. The summed E-state index contributed by atoms with van der Waals surface area (Å²) in [5.74, 6) is 0.903. The Morgan fingerprint density at radius 1 is 1.24 bits per heavy atom. The average molecular weight is 282 g/mol. The number of aryl methyl sites for hydroxylation is 1. The van der Waals surface area contributed by atoms with E-state index in [2.05, 4.69) is 45.6 Å². The van der Waals surface area contributed by atoms with E-state index < -0.39 is 0 Å². The fourth-order valence-corrected chi connectivity index (χ4v) is 3.15. The molecule has 0 amide bonds. The van der Waals surface area contributed by atoms with Crippen LogP contribution in [0, 0.1) is 11.3 Å². The minimum Gasteiger partial charge on any atom is -0.326 e. The van der Waals surface area contributed by atoms with E-state index in [0.29, 0.717) is 6.42 Å². The molecule has 110 valence electrons. The van der Waals surface area contributed by atoms with Gasteiger partial charge in [-0.15, -0.1) is 0 Å². The second kappa shape index (κ2) is 6.28. The Hall–Kier alpha value is -1.86. The Kier molecular flexibility index (Phi) is 4.21. The predicted molar refractivity (Wildman–Crippen MR) is 84.1 cm³/mol. The number of benzene rings is 1. The highest BCUT2D eigenvalue weighted by molar-refractivity contribution is 5.77. The number of nitrogens with zero attached hydrogens (tertiary/aromatic N) is 4. The van der Waals surface area contributed by atoms with Gasteiger partial charge in [-0.25, -0.2) is 4.98 Å². The number of hydrogen-bond donors (Lipinski definition) is 0. The Morgan fingerprint density at radius 3 is 2.76 bits per heavy atom. The molecule has 0 atom stereocenters. The average Bonchev–Trinajstić information content (AvgIpc) is 3.12. The lowest BCUT2D eigenvalue weighted by atomic mass is 10.1. The molecule has 1 saturated heterocycles. The topological polar surface area (TPSA) is 44.9 Å². The van der Waals surface area contributed by atoms with Gasteiger partial charge in [0, 0.05) is 13.1 Å². The van der Waals surface area contributed by atoms with E-state index >= 15 is 0 Å². The van der Waals surface area contributed by atoms with Gasteiger partial charge in [-0.2, -0.15) is 5.26 Å². The van der Waals surface area contributed by atoms with Crippen molar-refractivity contribution in [3.63, 3.8) is 0 Å². The molecule has 1 aliphatic rings. The lowest BCUT2D eigenvalue weighted by molar-refractivity contribution is 0.323. The molecule has 3 rings (SSSR count). The summed E-state index contributed by atoms with van der Waals surface area (Å²) < 4.78 is 2.23. The van der Waals surface area contributed by atoms with Crippen LogP contribution in [0.5, 0.6) is 0 Å². The highest BCUT2D eigenvalue weighted by Crippen LogP contribution is 2.19. The van der Waals surface area contributed by atoms with Crippen LogP contribution in [0.25, 0.3) is 11.0 Å². The molecule has 21 heavy (non-hydrogen) atoms.